The van der Waals surface area contributed by atoms with Crippen LogP contribution in [-0.4, -0.2) is 13.1 Å². The highest BCUT2D eigenvalue weighted by molar-refractivity contribution is 4.88. The summed E-state index contributed by atoms with van der Waals surface area (Å²) in [6.07, 6.45) is 8.95. The fourth-order valence-corrected chi connectivity index (χ4v) is 2.97. The van der Waals surface area contributed by atoms with E-state index in [2.05, 4.69) is 12.4 Å². The third-order valence-electron chi connectivity index (χ3n) is 3.65. The molecule has 0 saturated heterocycles. The van der Waals surface area contributed by atoms with Crippen LogP contribution in [0.2, 0.25) is 0 Å². The van der Waals surface area contributed by atoms with Gasteiger partial charge in [-0.2, -0.15) is 0 Å². The normalized spacial score (nSPS) is 43.9. The summed E-state index contributed by atoms with van der Waals surface area (Å²) in [6.45, 7) is 0. The monoisotopic (exact) mass is 153 g/mol. The molecule has 0 amide bonds. The second-order valence-electron chi connectivity index (χ2n) is 4.26. The van der Waals surface area contributed by atoms with E-state index in [1.165, 1.54) is 38.5 Å². The Hall–Kier alpha value is -0.0400. The van der Waals surface area contributed by atoms with E-state index < -0.39 is 0 Å². The maximum Gasteiger partial charge on any atom is 0.00695 e. The van der Waals surface area contributed by atoms with Crippen molar-refractivity contribution in [2.24, 2.45) is 11.8 Å². The van der Waals surface area contributed by atoms with Gasteiger partial charge >= 0.3 is 0 Å². The Morgan fingerprint density at radius 1 is 1.00 bits per heavy atom. The molecule has 64 valence electrons. The summed E-state index contributed by atoms with van der Waals surface area (Å²) in [4.78, 5) is 0. The summed E-state index contributed by atoms with van der Waals surface area (Å²) < 4.78 is 0. The molecule has 2 atom stereocenters. The molecule has 0 aromatic rings. The van der Waals surface area contributed by atoms with Gasteiger partial charge in [-0.05, 0) is 31.7 Å². The zero-order valence-corrected chi connectivity index (χ0v) is 7.47. The highest BCUT2D eigenvalue weighted by Crippen LogP contribution is 2.41. The van der Waals surface area contributed by atoms with Gasteiger partial charge in [-0.1, -0.05) is 25.7 Å². The molecular weight excluding hydrogens is 134 g/mol. The zero-order valence-electron chi connectivity index (χ0n) is 7.47. The van der Waals surface area contributed by atoms with E-state index in [-0.39, 0.29) is 0 Å². The third kappa shape index (κ3) is 1.44. The number of hydrogen-bond donors (Lipinski definition) is 1. The average molecular weight is 153 g/mol. The standard InChI is InChI=1S/C10H19N/c1-11-10-6-8-4-2-3-5-9(8)7-10/h8-11H,2-7H2,1H3. The molecule has 0 heterocycles. The van der Waals surface area contributed by atoms with Gasteiger partial charge in [0.25, 0.3) is 0 Å². The minimum Gasteiger partial charge on any atom is -0.317 e. The molecule has 1 heteroatoms. The van der Waals surface area contributed by atoms with Crippen molar-refractivity contribution >= 4 is 0 Å². The van der Waals surface area contributed by atoms with Crippen molar-refractivity contribution in [2.45, 2.75) is 44.6 Å². The van der Waals surface area contributed by atoms with E-state index >= 15 is 0 Å². The molecule has 2 rings (SSSR count). The smallest absolute Gasteiger partial charge is 0.00695 e. The van der Waals surface area contributed by atoms with E-state index in [9.17, 15) is 0 Å². The van der Waals surface area contributed by atoms with E-state index in [4.69, 9.17) is 0 Å². The molecule has 0 aliphatic heterocycles. The van der Waals surface area contributed by atoms with Crippen molar-refractivity contribution in [3.05, 3.63) is 0 Å². The second-order valence-corrected chi connectivity index (χ2v) is 4.26. The molecule has 0 radical (unpaired) electrons. The predicted octanol–water partition coefficient (Wildman–Crippen LogP) is 2.17. The summed E-state index contributed by atoms with van der Waals surface area (Å²) in [6, 6.07) is 0.850. The lowest BCUT2D eigenvalue weighted by atomic mass is 9.82. The second kappa shape index (κ2) is 3.14. The first-order valence-electron chi connectivity index (χ1n) is 5.07. The van der Waals surface area contributed by atoms with Crippen molar-refractivity contribution in [3.8, 4) is 0 Å². The molecule has 2 saturated carbocycles. The summed E-state index contributed by atoms with van der Waals surface area (Å²) >= 11 is 0. The number of hydrogen-bond acceptors (Lipinski definition) is 1. The van der Waals surface area contributed by atoms with E-state index in [1.807, 2.05) is 0 Å². The maximum absolute atomic E-state index is 3.42. The molecule has 2 fully saturated rings. The van der Waals surface area contributed by atoms with Gasteiger partial charge in [-0.3, -0.25) is 0 Å². The summed E-state index contributed by atoms with van der Waals surface area (Å²) in [5.74, 6) is 2.17. The van der Waals surface area contributed by atoms with Gasteiger partial charge in [0.15, 0.2) is 0 Å². The molecule has 2 unspecified atom stereocenters. The van der Waals surface area contributed by atoms with Crippen LogP contribution in [-0.2, 0) is 0 Å². The minimum atomic E-state index is 0.850. The van der Waals surface area contributed by atoms with Crippen LogP contribution in [0.1, 0.15) is 38.5 Å². The molecule has 0 spiro atoms. The van der Waals surface area contributed by atoms with Crippen LogP contribution < -0.4 is 5.32 Å². The van der Waals surface area contributed by atoms with Crippen molar-refractivity contribution in [3.63, 3.8) is 0 Å². The van der Waals surface area contributed by atoms with Gasteiger partial charge in [0.1, 0.15) is 0 Å². The van der Waals surface area contributed by atoms with Crippen molar-refractivity contribution in [1.29, 1.82) is 0 Å². The van der Waals surface area contributed by atoms with Crippen LogP contribution >= 0.6 is 0 Å². The molecule has 0 aromatic carbocycles. The van der Waals surface area contributed by atoms with Crippen LogP contribution in [0.5, 0.6) is 0 Å². The number of rotatable bonds is 1. The predicted molar refractivity (Wildman–Crippen MR) is 47.5 cm³/mol. The van der Waals surface area contributed by atoms with Crippen LogP contribution in [0.25, 0.3) is 0 Å². The van der Waals surface area contributed by atoms with Gasteiger partial charge in [-0.25, -0.2) is 0 Å². The lowest BCUT2D eigenvalue weighted by molar-refractivity contribution is 0.277. The van der Waals surface area contributed by atoms with Crippen LogP contribution in [0, 0.1) is 11.8 Å². The molecule has 1 N–H and O–H groups in total. The van der Waals surface area contributed by atoms with E-state index in [0.29, 0.717) is 0 Å². The Morgan fingerprint density at radius 2 is 1.55 bits per heavy atom. The quantitative estimate of drug-likeness (QED) is 0.609. The molecule has 2 aliphatic carbocycles. The van der Waals surface area contributed by atoms with Gasteiger partial charge in [0, 0.05) is 6.04 Å². The highest BCUT2D eigenvalue weighted by Gasteiger charge is 2.34. The average Bonchev–Trinajstić information content (AvgIpc) is 2.46. The van der Waals surface area contributed by atoms with Crippen LogP contribution in [0.4, 0.5) is 0 Å². The Morgan fingerprint density at radius 3 is 2.00 bits per heavy atom. The molecule has 0 bridgehead atoms. The lowest BCUT2D eigenvalue weighted by Crippen LogP contribution is -2.21. The molecule has 1 nitrogen and oxygen atoms in total. The molecule has 2 aliphatic rings. The fraction of sp³-hybridized carbons (Fsp3) is 1.00. The fourth-order valence-electron chi connectivity index (χ4n) is 2.97. The number of nitrogens with one attached hydrogen (secondary N) is 1. The maximum atomic E-state index is 3.42. The Bertz CT molecular complexity index is 119. The largest absolute Gasteiger partial charge is 0.317 e. The molecule has 11 heavy (non-hydrogen) atoms. The Kier molecular flexibility index (Phi) is 2.17. The van der Waals surface area contributed by atoms with Gasteiger partial charge in [0.05, 0.1) is 0 Å². The van der Waals surface area contributed by atoms with E-state index in [1.54, 1.807) is 0 Å². The summed E-state index contributed by atoms with van der Waals surface area (Å²) in [7, 11) is 2.11. The van der Waals surface area contributed by atoms with Crippen molar-refractivity contribution < 1.29 is 0 Å². The van der Waals surface area contributed by atoms with Crippen molar-refractivity contribution in [2.75, 3.05) is 7.05 Å². The topological polar surface area (TPSA) is 12.0 Å². The summed E-state index contributed by atoms with van der Waals surface area (Å²) in [5.41, 5.74) is 0. The highest BCUT2D eigenvalue weighted by atomic mass is 14.9. The summed E-state index contributed by atoms with van der Waals surface area (Å²) in [5, 5.41) is 3.42. The molecule has 0 aromatic heterocycles. The van der Waals surface area contributed by atoms with Crippen LogP contribution in [0.3, 0.4) is 0 Å². The third-order valence-corrected chi connectivity index (χ3v) is 3.65. The van der Waals surface area contributed by atoms with Crippen molar-refractivity contribution in [1.82, 2.24) is 5.32 Å². The first-order chi connectivity index (χ1) is 5.40. The first-order valence-corrected chi connectivity index (χ1v) is 5.07. The van der Waals surface area contributed by atoms with Gasteiger partial charge < -0.3 is 5.32 Å². The molecular formula is C10H19N. The minimum absolute atomic E-state index is 0.850. The Labute approximate surface area is 69.6 Å². The lowest BCUT2D eigenvalue weighted by Gasteiger charge is -2.24. The Balaban J connectivity index is 1.92. The van der Waals surface area contributed by atoms with E-state index in [0.717, 1.165) is 17.9 Å². The zero-order chi connectivity index (χ0) is 7.68. The SMILES string of the molecule is CNC1CC2CCCCC2C1. The number of fused-ring (bicyclic) bond motifs is 1. The first kappa shape index (κ1) is 7.60. The van der Waals surface area contributed by atoms with Gasteiger partial charge in [-0.15, -0.1) is 0 Å². The van der Waals surface area contributed by atoms with Crippen LogP contribution in [0.15, 0.2) is 0 Å². The van der Waals surface area contributed by atoms with Gasteiger partial charge in [0.2, 0.25) is 0 Å².